The summed E-state index contributed by atoms with van der Waals surface area (Å²) in [4.78, 5) is 16.3. The molecular weight excluding hydrogens is 271 g/mol. The molecule has 0 unspecified atom stereocenters. The van der Waals surface area contributed by atoms with Crippen LogP contribution >= 0.6 is 0 Å². The van der Waals surface area contributed by atoms with Crippen molar-refractivity contribution < 1.29 is 9.18 Å². The number of nitrogens with zero attached hydrogens (tertiary/aromatic N) is 3. The quantitative estimate of drug-likeness (QED) is 0.944. The van der Waals surface area contributed by atoms with Crippen LogP contribution in [0.4, 0.5) is 10.1 Å². The molecule has 0 bridgehead atoms. The molecule has 5 nitrogen and oxygen atoms in total. The van der Waals surface area contributed by atoms with E-state index in [1.54, 1.807) is 6.20 Å². The van der Waals surface area contributed by atoms with Crippen LogP contribution in [0.3, 0.4) is 0 Å². The van der Waals surface area contributed by atoms with Crippen LogP contribution in [0, 0.1) is 11.2 Å². The molecule has 1 aliphatic carbocycles. The molecule has 21 heavy (non-hydrogen) atoms. The first-order valence-electron chi connectivity index (χ1n) is 7.05. The molecule has 0 aliphatic heterocycles. The third-order valence-electron chi connectivity index (χ3n) is 4.05. The smallest absolute Gasteiger partial charge is 0.230 e. The molecule has 1 amide bonds. The van der Waals surface area contributed by atoms with Crippen LogP contribution in [0.25, 0.3) is 5.82 Å². The maximum Gasteiger partial charge on any atom is 0.230 e. The molecule has 1 N–H and O–H groups in total. The van der Waals surface area contributed by atoms with E-state index < -0.39 is 5.82 Å². The fourth-order valence-electron chi connectivity index (χ4n) is 2.71. The van der Waals surface area contributed by atoms with E-state index in [-0.39, 0.29) is 17.1 Å². The maximum atomic E-state index is 13.6. The molecule has 6 heteroatoms. The zero-order valence-electron chi connectivity index (χ0n) is 11.8. The van der Waals surface area contributed by atoms with E-state index in [1.807, 2.05) is 6.92 Å². The molecule has 2 aromatic heterocycles. The van der Waals surface area contributed by atoms with Crippen molar-refractivity contribution in [3.63, 3.8) is 0 Å². The Hall–Kier alpha value is -2.24. The minimum absolute atomic E-state index is 0.000966. The third kappa shape index (κ3) is 2.66. The molecule has 0 radical (unpaired) electrons. The lowest BCUT2D eigenvalue weighted by atomic mass is 9.88. The van der Waals surface area contributed by atoms with Crippen molar-refractivity contribution in [3.05, 3.63) is 36.5 Å². The third-order valence-corrected chi connectivity index (χ3v) is 4.05. The van der Waals surface area contributed by atoms with Crippen molar-refractivity contribution in [1.82, 2.24) is 14.8 Å². The predicted octanol–water partition coefficient (Wildman–Crippen LogP) is 2.93. The highest BCUT2D eigenvalue weighted by atomic mass is 19.1. The Bertz CT molecular complexity index is 661. The SMILES string of the molecule is CC1(C(=O)Nc2cnn(-c3ncccc3F)c2)CCCC1. The molecular formula is C15H17FN4O. The molecule has 2 aromatic rings. The van der Waals surface area contributed by atoms with Crippen LogP contribution in [-0.4, -0.2) is 20.7 Å². The predicted molar refractivity (Wildman–Crippen MR) is 76.5 cm³/mol. The molecule has 0 saturated heterocycles. The highest BCUT2D eigenvalue weighted by Crippen LogP contribution is 2.38. The largest absolute Gasteiger partial charge is 0.323 e. The van der Waals surface area contributed by atoms with Gasteiger partial charge in [0.15, 0.2) is 11.6 Å². The molecule has 1 fully saturated rings. The van der Waals surface area contributed by atoms with Gasteiger partial charge in [-0.3, -0.25) is 4.79 Å². The van der Waals surface area contributed by atoms with Gasteiger partial charge < -0.3 is 5.32 Å². The second kappa shape index (κ2) is 5.27. The van der Waals surface area contributed by atoms with Crippen molar-refractivity contribution in [2.45, 2.75) is 32.6 Å². The minimum Gasteiger partial charge on any atom is -0.323 e. The number of hydrogen-bond acceptors (Lipinski definition) is 3. The fraction of sp³-hybridized carbons (Fsp3) is 0.400. The average molecular weight is 288 g/mol. The molecule has 1 aliphatic rings. The summed E-state index contributed by atoms with van der Waals surface area (Å²) in [6.45, 7) is 1.98. The van der Waals surface area contributed by atoms with Crippen LogP contribution in [0.5, 0.6) is 0 Å². The van der Waals surface area contributed by atoms with Gasteiger partial charge in [0, 0.05) is 11.6 Å². The van der Waals surface area contributed by atoms with Crippen LogP contribution < -0.4 is 5.32 Å². The Labute approximate surface area is 122 Å². The molecule has 0 aromatic carbocycles. The van der Waals surface area contributed by atoms with Gasteiger partial charge >= 0.3 is 0 Å². The lowest BCUT2D eigenvalue weighted by molar-refractivity contribution is -0.124. The number of hydrogen-bond donors (Lipinski definition) is 1. The van der Waals surface area contributed by atoms with Gasteiger partial charge in [0.1, 0.15) is 0 Å². The Kier molecular flexibility index (Phi) is 3.45. The van der Waals surface area contributed by atoms with E-state index in [0.717, 1.165) is 25.7 Å². The van der Waals surface area contributed by atoms with E-state index in [0.29, 0.717) is 5.69 Å². The number of amides is 1. The normalized spacial score (nSPS) is 16.9. The lowest BCUT2D eigenvalue weighted by Gasteiger charge is -2.21. The van der Waals surface area contributed by atoms with Crippen molar-refractivity contribution in [1.29, 1.82) is 0 Å². The first kappa shape index (κ1) is 13.7. The van der Waals surface area contributed by atoms with E-state index in [4.69, 9.17) is 0 Å². The zero-order chi connectivity index (χ0) is 14.9. The number of anilines is 1. The number of nitrogens with one attached hydrogen (secondary N) is 1. The highest BCUT2D eigenvalue weighted by molar-refractivity contribution is 5.95. The van der Waals surface area contributed by atoms with E-state index >= 15 is 0 Å². The van der Waals surface area contributed by atoms with Crippen molar-refractivity contribution in [2.24, 2.45) is 5.41 Å². The second-order valence-electron chi connectivity index (χ2n) is 5.70. The summed E-state index contributed by atoms with van der Waals surface area (Å²) < 4.78 is 15.0. The van der Waals surface area contributed by atoms with E-state index in [9.17, 15) is 9.18 Å². The number of aromatic nitrogens is 3. The number of carbonyl (C=O) groups excluding carboxylic acids is 1. The second-order valence-corrected chi connectivity index (χ2v) is 5.70. The Morgan fingerprint density at radius 3 is 2.90 bits per heavy atom. The van der Waals surface area contributed by atoms with Crippen LogP contribution in [0.2, 0.25) is 0 Å². The summed E-state index contributed by atoms with van der Waals surface area (Å²) in [6, 6.07) is 2.84. The Balaban J connectivity index is 1.77. The molecule has 2 heterocycles. The zero-order valence-corrected chi connectivity index (χ0v) is 11.8. The summed E-state index contributed by atoms with van der Waals surface area (Å²) in [7, 11) is 0. The topological polar surface area (TPSA) is 59.8 Å². The van der Waals surface area contributed by atoms with Crippen LogP contribution in [-0.2, 0) is 4.79 Å². The first-order chi connectivity index (χ1) is 10.1. The maximum absolute atomic E-state index is 13.6. The van der Waals surface area contributed by atoms with Gasteiger partial charge in [-0.25, -0.2) is 14.1 Å². The average Bonchev–Trinajstić information content (AvgIpc) is 3.09. The van der Waals surface area contributed by atoms with Crippen molar-refractivity contribution >= 4 is 11.6 Å². The lowest BCUT2D eigenvalue weighted by Crippen LogP contribution is -2.30. The highest BCUT2D eigenvalue weighted by Gasteiger charge is 2.36. The summed E-state index contributed by atoms with van der Waals surface area (Å²) in [5.41, 5.74) is 0.247. The summed E-state index contributed by atoms with van der Waals surface area (Å²) in [5, 5.41) is 6.91. The monoisotopic (exact) mass is 288 g/mol. The first-order valence-corrected chi connectivity index (χ1v) is 7.05. The molecule has 1 saturated carbocycles. The summed E-state index contributed by atoms with van der Waals surface area (Å²) >= 11 is 0. The Morgan fingerprint density at radius 2 is 2.19 bits per heavy atom. The van der Waals surface area contributed by atoms with Crippen LogP contribution in [0.1, 0.15) is 32.6 Å². The minimum atomic E-state index is -0.457. The summed E-state index contributed by atoms with van der Waals surface area (Å²) in [6.07, 6.45) is 8.55. The van der Waals surface area contributed by atoms with Crippen molar-refractivity contribution in [3.8, 4) is 5.82 Å². The molecule has 110 valence electrons. The number of rotatable bonds is 3. The van der Waals surface area contributed by atoms with Gasteiger partial charge in [0.05, 0.1) is 18.1 Å². The molecule has 0 atom stereocenters. The van der Waals surface area contributed by atoms with Gasteiger partial charge in [0.25, 0.3) is 0 Å². The number of pyridine rings is 1. The summed E-state index contributed by atoms with van der Waals surface area (Å²) in [5.74, 6) is -0.340. The number of halogens is 1. The van der Waals surface area contributed by atoms with E-state index in [2.05, 4.69) is 15.4 Å². The molecule has 0 spiro atoms. The number of carbonyl (C=O) groups is 1. The Morgan fingerprint density at radius 1 is 1.43 bits per heavy atom. The van der Waals surface area contributed by atoms with E-state index in [1.165, 1.54) is 29.2 Å². The standard InChI is InChI=1S/C15H17FN4O/c1-15(6-2-3-7-15)14(21)19-11-9-18-20(10-11)13-12(16)5-4-8-17-13/h4-5,8-10H,2-3,6-7H2,1H3,(H,19,21). The van der Waals surface area contributed by atoms with Crippen LogP contribution in [0.15, 0.2) is 30.7 Å². The van der Waals surface area contributed by atoms with Crippen molar-refractivity contribution in [2.75, 3.05) is 5.32 Å². The molecule has 3 rings (SSSR count). The van der Waals surface area contributed by atoms with Gasteiger partial charge in [0.2, 0.25) is 5.91 Å². The van der Waals surface area contributed by atoms with Gasteiger partial charge in [-0.2, -0.15) is 5.10 Å². The van der Waals surface area contributed by atoms with Gasteiger partial charge in [-0.15, -0.1) is 0 Å². The van der Waals surface area contributed by atoms with Gasteiger partial charge in [-0.05, 0) is 25.0 Å². The van der Waals surface area contributed by atoms with Gasteiger partial charge in [-0.1, -0.05) is 19.8 Å². The fourth-order valence-corrected chi connectivity index (χ4v) is 2.71.